The first-order valence-corrected chi connectivity index (χ1v) is 6.73. The Balaban J connectivity index is 2.05. The summed E-state index contributed by atoms with van der Waals surface area (Å²) in [6.45, 7) is 3.45. The molecule has 0 radical (unpaired) electrons. The zero-order valence-electron chi connectivity index (χ0n) is 8.20. The maximum atomic E-state index is 5.29. The third-order valence-electron chi connectivity index (χ3n) is 2.06. The van der Waals surface area contributed by atoms with Crippen LogP contribution in [0.15, 0.2) is 5.38 Å². The highest BCUT2D eigenvalue weighted by atomic mass is 79.9. The van der Waals surface area contributed by atoms with E-state index >= 15 is 0 Å². The highest BCUT2D eigenvalue weighted by Crippen LogP contribution is 2.20. The van der Waals surface area contributed by atoms with Crippen LogP contribution >= 0.6 is 27.3 Å². The second-order valence-electron chi connectivity index (χ2n) is 3.05. The number of hydrogen-bond acceptors (Lipinski definition) is 4. The Kier molecular flexibility index (Phi) is 4.01. The maximum Gasteiger partial charge on any atom is 0.186 e. The Morgan fingerprint density at radius 3 is 3.07 bits per heavy atom. The monoisotopic (exact) mass is 286 g/mol. The molecule has 1 aliphatic heterocycles. The van der Waals surface area contributed by atoms with E-state index < -0.39 is 0 Å². The molecule has 1 saturated heterocycles. The summed E-state index contributed by atoms with van der Waals surface area (Å²) in [5.74, 6) is 5.95. The number of morpholine rings is 1. The van der Waals surface area contributed by atoms with E-state index in [4.69, 9.17) is 4.74 Å². The Morgan fingerprint density at radius 2 is 2.33 bits per heavy atom. The molecule has 80 valence electrons. The van der Waals surface area contributed by atoms with E-state index in [0.717, 1.165) is 37.1 Å². The normalized spacial score (nSPS) is 15.9. The molecule has 0 aromatic carbocycles. The fraction of sp³-hybridized carbons (Fsp3) is 0.500. The van der Waals surface area contributed by atoms with Crippen molar-refractivity contribution >= 4 is 32.4 Å². The molecule has 3 nitrogen and oxygen atoms in total. The zero-order chi connectivity index (χ0) is 10.5. The highest BCUT2D eigenvalue weighted by molar-refractivity contribution is 9.09. The summed E-state index contributed by atoms with van der Waals surface area (Å²) >= 11 is 4.91. The summed E-state index contributed by atoms with van der Waals surface area (Å²) in [6.07, 6.45) is 0. The number of rotatable bonds is 1. The van der Waals surface area contributed by atoms with Crippen LogP contribution in [-0.4, -0.2) is 36.6 Å². The Hall–Kier alpha value is -0.570. The summed E-state index contributed by atoms with van der Waals surface area (Å²) in [5.41, 5.74) is 0.862. The molecule has 0 N–H and O–H groups in total. The van der Waals surface area contributed by atoms with Crippen molar-refractivity contribution in [3.63, 3.8) is 0 Å². The van der Waals surface area contributed by atoms with Crippen molar-refractivity contribution in [1.82, 2.24) is 4.98 Å². The van der Waals surface area contributed by atoms with Crippen molar-refractivity contribution in [2.45, 2.75) is 0 Å². The SMILES string of the molecule is BrCC#Cc1csc(N2CCOCC2)n1. The minimum atomic E-state index is 0.692. The van der Waals surface area contributed by atoms with Crippen LogP contribution in [0.2, 0.25) is 0 Å². The summed E-state index contributed by atoms with van der Waals surface area (Å²) in [5, 5.41) is 3.75. The molecule has 0 spiro atoms. The number of hydrogen-bond donors (Lipinski definition) is 0. The van der Waals surface area contributed by atoms with Crippen LogP contribution in [0.5, 0.6) is 0 Å². The second kappa shape index (κ2) is 5.50. The van der Waals surface area contributed by atoms with Gasteiger partial charge in [-0.1, -0.05) is 21.9 Å². The number of nitrogens with zero attached hydrogens (tertiary/aromatic N) is 2. The van der Waals surface area contributed by atoms with E-state index in [1.54, 1.807) is 11.3 Å². The van der Waals surface area contributed by atoms with E-state index in [0.29, 0.717) is 5.33 Å². The maximum absolute atomic E-state index is 5.29. The van der Waals surface area contributed by atoms with Crippen molar-refractivity contribution in [2.24, 2.45) is 0 Å². The lowest BCUT2D eigenvalue weighted by molar-refractivity contribution is 0.122. The van der Waals surface area contributed by atoms with E-state index in [2.05, 4.69) is 37.7 Å². The molecule has 0 atom stereocenters. The largest absolute Gasteiger partial charge is 0.378 e. The molecule has 1 fully saturated rings. The Morgan fingerprint density at radius 1 is 1.53 bits per heavy atom. The molecule has 0 bridgehead atoms. The van der Waals surface area contributed by atoms with Gasteiger partial charge in [0.05, 0.1) is 18.5 Å². The number of alkyl halides is 1. The molecule has 0 saturated carbocycles. The number of anilines is 1. The lowest BCUT2D eigenvalue weighted by atomic mass is 10.4. The second-order valence-corrected chi connectivity index (χ2v) is 4.45. The van der Waals surface area contributed by atoms with Crippen LogP contribution in [0.4, 0.5) is 5.13 Å². The van der Waals surface area contributed by atoms with Crippen LogP contribution in [0, 0.1) is 11.8 Å². The van der Waals surface area contributed by atoms with Gasteiger partial charge in [0, 0.05) is 18.5 Å². The van der Waals surface area contributed by atoms with E-state index in [-0.39, 0.29) is 0 Å². The number of halogens is 1. The summed E-state index contributed by atoms with van der Waals surface area (Å²) < 4.78 is 5.29. The third-order valence-corrected chi connectivity index (χ3v) is 3.24. The van der Waals surface area contributed by atoms with Crippen molar-refractivity contribution < 1.29 is 4.74 Å². The molecular formula is C10H11BrN2OS. The van der Waals surface area contributed by atoms with Crippen LogP contribution in [0.1, 0.15) is 5.69 Å². The zero-order valence-corrected chi connectivity index (χ0v) is 10.6. The average Bonchev–Trinajstić information content (AvgIpc) is 2.76. The lowest BCUT2D eigenvalue weighted by Gasteiger charge is -2.25. The Labute approximate surface area is 102 Å². The standard InChI is InChI=1S/C10H11BrN2OS/c11-3-1-2-9-8-15-10(12-9)13-4-6-14-7-5-13/h8H,3-7H2. The van der Waals surface area contributed by atoms with E-state index in [9.17, 15) is 0 Å². The number of thiazole rings is 1. The summed E-state index contributed by atoms with van der Waals surface area (Å²) in [7, 11) is 0. The van der Waals surface area contributed by atoms with Gasteiger partial charge in [0.15, 0.2) is 5.13 Å². The molecule has 2 rings (SSSR count). The van der Waals surface area contributed by atoms with Crippen molar-refractivity contribution in [3.05, 3.63) is 11.1 Å². The van der Waals surface area contributed by atoms with Gasteiger partial charge in [0.2, 0.25) is 0 Å². The average molecular weight is 287 g/mol. The van der Waals surface area contributed by atoms with Crippen molar-refractivity contribution in [2.75, 3.05) is 36.5 Å². The fourth-order valence-corrected chi connectivity index (χ4v) is 2.30. The predicted octanol–water partition coefficient (Wildman–Crippen LogP) is 1.73. The van der Waals surface area contributed by atoms with Crippen molar-refractivity contribution in [1.29, 1.82) is 0 Å². The minimum absolute atomic E-state index is 0.692. The van der Waals surface area contributed by atoms with Crippen molar-refractivity contribution in [3.8, 4) is 11.8 Å². The van der Waals surface area contributed by atoms with Crippen LogP contribution in [-0.2, 0) is 4.74 Å². The summed E-state index contributed by atoms with van der Waals surface area (Å²) in [6, 6.07) is 0. The molecular weight excluding hydrogens is 276 g/mol. The minimum Gasteiger partial charge on any atom is -0.378 e. The first-order valence-electron chi connectivity index (χ1n) is 4.73. The smallest absolute Gasteiger partial charge is 0.186 e. The molecule has 5 heteroatoms. The van der Waals surface area contributed by atoms with Crippen LogP contribution in [0.3, 0.4) is 0 Å². The van der Waals surface area contributed by atoms with Gasteiger partial charge in [-0.2, -0.15) is 0 Å². The van der Waals surface area contributed by atoms with Crippen LogP contribution < -0.4 is 4.90 Å². The lowest BCUT2D eigenvalue weighted by Crippen LogP contribution is -2.36. The number of aromatic nitrogens is 1. The first kappa shape index (κ1) is 10.9. The fourth-order valence-electron chi connectivity index (χ4n) is 1.35. The predicted molar refractivity (Wildman–Crippen MR) is 65.8 cm³/mol. The van der Waals surface area contributed by atoms with Gasteiger partial charge in [-0.3, -0.25) is 0 Å². The summed E-state index contributed by atoms with van der Waals surface area (Å²) in [4.78, 5) is 6.71. The quantitative estimate of drug-likeness (QED) is 0.581. The molecule has 1 aromatic heterocycles. The highest BCUT2D eigenvalue weighted by Gasteiger charge is 2.13. The van der Waals surface area contributed by atoms with Gasteiger partial charge in [-0.25, -0.2) is 4.98 Å². The van der Waals surface area contributed by atoms with Crippen LogP contribution in [0.25, 0.3) is 0 Å². The van der Waals surface area contributed by atoms with Gasteiger partial charge < -0.3 is 9.64 Å². The molecule has 0 aliphatic carbocycles. The first-order chi connectivity index (χ1) is 7.40. The molecule has 2 heterocycles. The molecule has 1 aliphatic rings. The van der Waals surface area contributed by atoms with Gasteiger partial charge in [0.1, 0.15) is 5.69 Å². The van der Waals surface area contributed by atoms with Gasteiger partial charge in [0.25, 0.3) is 0 Å². The topological polar surface area (TPSA) is 25.4 Å². The Bertz CT molecular complexity index is 376. The molecule has 1 aromatic rings. The van der Waals surface area contributed by atoms with E-state index in [1.807, 2.05) is 5.38 Å². The third kappa shape index (κ3) is 2.94. The van der Waals surface area contributed by atoms with Gasteiger partial charge in [-0.15, -0.1) is 11.3 Å². The number of ether oxygens (including phenoxy) is 1. The molecule has 15 heavy (non-hydrogen) atoms. The molecule has 0 amide bonds. The van der Waals surface area contributed by atoms with E-state index in [1.165, 1.54) is 0 Å². The molecule has 0 unspecified atom stereocenters. The van der Waals surface area contributed by atoms with Gasteiger partial charge in [-0.05, 0) is 5.92 Å². The van der Waals surface area contributed by atoms with Gasteiger partial charge >= 0.3 is 0 Å².